The van der Waals surface area contributed by atoms with Crippen LogP contribution in [0.1, 0.15) is 5.69 Å². The number of nitrogens with zero attached hydrogens (tertiary/aromatic N) is 6. The molecule has 0 atom stereocenters. The quantitative estimate of drug-likeness (QED) is 0.447. The number of anilines is 1. The molecule has 158 valence electrons. The monoisotopic (exact) mass is 427 g/mol. The lowest BCUT2D eigenvalue weighted by atomic mass is 10.1. The average Bonchev–Trinajstić information content (AvgIpc) is 3.50. The molecule has 3 heterocycles. The fourth-order valence-electron chi connectivity index (χ4n) is 3.46. The maximum absolute atomic E-state index is 13.4. The minimum Gasteiger partial charge on any atom is -0.351 e. The van der Waals surface area contributed by atoms with E-state index in [1.165, 1.54) is 6.07 Å². The summed E-state index contributed by atoms with van der Waals surface area (Å²) in [5.41, 5.74) is 4.47. The summed E-state index contributed by atoms with van der Waals surface area (Å²) in [5.74, 6) is -0.622. The molecule has 3 aromatic heterocycles. The van der Waals surface area contributed by atoms with Gasteiger partial charge in [0.2, 0.25) is 5.91 Å². The molecule has 5 rings (SSSR count). The molecule has 1 amide bonds. The van der Waals surface area contributed by atoms with Gasteiger partial charge in [-0.1, -0.05) is 29.5 Å². The lowest BCUT2D eigenvalue weighted by Gasteiger charge is -2.23. The molecule has 0 saturated carbocycles. The molecule has 1 N–H and O–H groups in total. The Bertz CT molecular complexity index is 1350. The van der Waals surface area contributed by atoms with E-state index in [1.54, 1.807) is 28.2 Å². The molecule has 0 radical (unpaired) electrons. The number of halogens is 1. The number of para-hydroxylation sites is 1. The third-order valence-electron chi connectivity index (χ3n) is 5.09. The summed E-state index contributed by atoms with van der Waals surface area (Å²) in [4.78, 5) is 26.3. The number of amides is 1. The van der Waals surface area contributed by atoms with Crippen molar-refractivity contribution >= 4 is 22.6 Å². The number of aromatic nitrogens is 6. The maximum atomic E-state index is 13.4. The first-order valence-electron chi connectivity index (χ1n) is 9.95. The molecule has 2 aromatic carbocycles. The summed E-state index contributed by atoms with van der Waals surface area (Å²) in [6.07, 6.45) is 4.56. The number of hydrogen-bond donors (Lipinski definition) is 1. The van der Waals surface area contributed by atoms with Crippen LogP contribution in [0.3, 0.4) is 0 Å². The van der Waals surface area contributed by atoms with Gasteiger partial charge in [0.15, 0.2) is 0 Å². The predicted octanol–water partition coefficient (Wildman–Crippen LogP) is 3.59. The van der Waals surface area contributed by atoms with Crippen molar-refractivity contribution in [3.8, 4) is 11.3 Å². The zero-order valence-corrected chi connectivity index (χ0v) is 16.9. The van der Waals surface area contributed by atoms with E-state index in [2.05, 4.69) is 25.3 Å². The Morgan fingerprint density at radius 2 is 1.88 bits per heavy atom. The van der Waals surface area contributed by atoms with Crippen molar-refractivity contribution in [1.29, 1.82) is 0 Å². The number of carbonyl (C=O) groups is 1. The van der Waals surface area contributed by atoms with E-state index in [1.807, 2.05) is 48.5 Å². The van der Waals surface area contributed by atoms with Crippen LogP contribution in [0, 0.1) is 5.82 Å². The second-order valence-corrected chi connectivity index (χ2v) is 7.18. The Hall–Kier alpha value is -4.40. The number of benzene rings is 2. The molecule has 5 aromatic rings. The van der Waals surface area contributed by atoms with E-state index in [-0.39, 0.29) is 19.0 Å². The Labute approximate surface area is 182 Å². The topological polar surface area (TPSA) is 92.6 Å². The van der Waals surface area contributed by atoms with Gasteiger partial charge in [-0.05, 0) is 36.4 Å². The number of carbonyl (C=O) groups excluding carboxylic acids is 1. The van der Waals surface area contributed by atoms with Crippen LogP contribution in [-0.4, -0.2) is 35.9 Å². The number of H-pyrrole nitrogens is 1. The van der Waals surface area contributed by atoms with Gasteiger partial charge in [-0.15, -0.1) is 5.10 Å². The van der Waals surface area contributed by atoms with Crippen LogP contribution >= 0.6 is 0 Å². The summed E-state index contributed by atoms with van der Waals surface area (Å²) in [5, 5.41) is 8.24. The summed E-state index contributed by atoms with van der Waals surface area (Å²) in [6, 6.07) is 17.9. The van der Waals surface area contributed by atoms with Crippen LogP contribution < -0.4 is 4.90 Å². The fraction of sp³-hybridized carbons (Fsp3) is 0.0870. The van der Waals surface area contributed by atoms with Gasteiger partial charge in [-0.25, -0.2) is 14.1 Å². The highest BCUT2D eigenvalue weighted by atomic mass is 19.1. The Morgan fingerprint density at radius 1 is 1.03 bits per heavy atom. The first-order valence-corrected chi connectivity index (χ1v) is 9.95. The normalized spacial score (nSPS) is 11.0. The van der Waals surface area contributed by atoms with Crippen LogP contribution in [0.5, 0.6) is 0 Å². The fourth-order valence-corrected chi connectivity index (χ4v) is 3.46. The van der Waals surface area contributed by atoms with E-state index in [0.717, 1.165) is 28.5 Å². The lowest BCUT2D eigenvalue weighted by molar-refractivity contribution is -0.119. The highest BCUT2D eigenvalue weighted by molar-refractivity contribution is 5.94. The van der Waals surface area contributed by atoms with E-state index in [0.29, 0.717) is 11.4 Å². The Balaban J connectivity index is 1.45. The number of aromatic amines is 1. The van der Waals surface area contributed by atoms with Gasteiger partial charge in [0.1, 0.15) is 17.9 Å². The molecule has 0 aliphatic carbocycles. The van der Waals surface area contributed by atoms with Gasteiger partial charge in [-0.3, -0.25) is 9.78 Å². The van der Waals surface area contributed by atoms with E-state index < -0.39 is 5.82 Å². The molecule has 0 saturated heterocycles. The second-order valence-electron chi connectivity index (χ2n) is 7.18. The summed E-state index contributed by atoms with van der Waals surface area (Å²) >= 11 is 0. The first kappa shape index (κ1) is 19.6. The molecular weight excluding hydrogens is 409 g/mol. The van der Waals surface area contributed by atoms with Crippen LogP contribution in [0.25, 0.3) is 22.3 Å². The number of imidazole rings is 1. The Morgan fingerprint density at radius 3 is 2.62 bits per heavy atom. The van der Waals surface area contributed by atoms with E-state index >= 15 is 0 Å². The van der Waals surface area contributed by atoms with Crippen molar-refractivity contribution in [3.63, 3.8) is 0 Å². The second kappa shape index (κ2) is 8.38. The van der Waals surface area contributed by atoms with Crippen molar-refractivity contribution in [2.24, 2.45) is 0 Å². The number of hydrogen-bond acceptors (Lipinski definition) is 5. The van der Waals surface area contributed by atoms with Crippen LogP contribution in [0.2, 0.25) is 0 Å². The van der Waals surface area contributed by atoms with Gasteiger partial charge >= 0.3 is 0 Å². The smallest absolute Gasteiger partial charge is 0.249 e. The molecule has 8 nitrogen and oxygen atoms in total. The lowest BCUT2D eigenvalue weighted by Crippen LogP contribution is -2.34. The number of nitrogens with one attached hydrogen (secondary N) is 1. The average molecular weight is 427 g/mol. The Kier molecular flexibility index (Phi) is 5.12. The van der Waals surface area contributed by atoms with Crippen molar-refractivity contribution < 1.29 is 9.18 Å². The van der Waals surface area contributed by atoms with Gasteiger partial charge in [0.25, 0.3) is 0 Å². The molecule has 0 aliphatic heterocycles. The first-order chi connectivity index (χ1) is 15.7. The molecular formula is C23H18FN7O. The molecule has 0 fully saturated rings. The van der Waals surface area contributed by atoms with Crippen molar-refractivity contribution in [2.45, 2.75) is 13.1 Å². The molecule has 0 spiro atoms. The zero-order chi connectivity index (χ0) is 21.9. The van der Waals surface area contributed by atoms with Gasteiger partial charge in [-0.2, -0.15) is 0 Å². The van der Waals surface area contributed by atoms with Gasteiger partial charge < -0.3 is 9.88 Å². The van der Waals surface area contributed by atoms with Crippen molar-refractivity contribution in [1.82, 2.24) is 29.9 Å². The van der Waals surface area contributed by atoms with Gasteiger partial charge in [0.05, 0.1) is 36.0 Å². The number of fused-ring (bicyclic) bond motifs is 1. The standard InChI is InChI=1S/C23H18FN7O/c24-17-7-8-18(26-11-17)13-30(19-9-5-16(6-10-19)21-12-25-15-27-21)23(32)14-31-22-4-2-1-3-20(22)28-29-31/h1-12,15H,13-14H2,(H,25,27). The maximum Gasteiger partial charge on any atom is 0.249 e. The van der Waals surface area contributed by atoms with Crippen LogP contribution in [0.4, 0.5) is 10.1 Å². The number of rotatable bonds is 6. The minimum atomic E-state index is -0.427. The van der Waals surface area contributed by atoms with E-state index in [9.17, 15) is 9.18 Å². The van der Waals surface area contributed by atoms with Crippen molar-refractivity contribution in [3.05, 3.63) is 90.9 Å². The summed E-state index contributed by atoms with van der Waals surface area (Å²) in [7, 11) is 0. The molecule has 32 heavy (non-hydrogen) atoms. The molecule has 0 aliphatic rings. The van der Waals surface area contributed by atoms with E-state index in [4.69, 9.17) is 0 Å². The number of pyridine rings is 1. The highest BCUT2D eigenvalue weighted by Crippen LogP contribution is 2.23. The van der Waals surface area contributed by atoms with Crippen LogP contribution in [0.15, 0.2) is 79.4 Å². The molecule has 0 unspecified atom stereocenters. The highest BCUT2D eigenvalue weighted by Gasteiger charge is 2.19. The zero-order valence-electron chi connectivity index (χ0n) is 16.9. The molecule has 9 heteroatoms. The van der Waals surface area contributed by atoms with Crippen LogP contribution in [-0.2, 0) is 17.9 Å². The van der Waals surface area contributed by atoms with Crippen molar-refractivity contribution in [2.75, 3.05) is 4.90 Å². The SMILES string of the molecule is O=C(Cn1nnc2ccccc21)N(Cc1ccc(F)cn1)c1ccc(-c2c[nH]cn2)cc1. The third kappa shape index (κ3) is 3.95. The summed E-state index contributed by atoms with van der Waals surface area (Å²) in [6.45, 7) is 0.191. The predicted molar refractivity (Wildman–Crippen MR) is 117 cm³/mol. The minimum absolute atomic E-state index is 0.00280. The largest absolute Gasteiger partial charge is 0.351 e. The van der Waals surface area contributed by atoms with Gasteiger partial charge in [0, 0.05) is 17.4 Å². The molecule has 0 bridgehead atoms. The third-order valence-corrected chi connectivity index (χ3v) is 5.09. The summed E-state index contributed by atoms with van der Waals surface area (Å²) < 4.78 is 14.9.